The number of aryl methyl sites for hydroxylation is 1. The third kappa shape index (κ3) is 3.44. The molecule has 0 saturated carbocycles. The van der Waals surface area contributed by atoms with E-state index in [0.29, 0.717) is 18.9 Å². The van der Waals surface area contributed by atoms with Crippen LogP contribution in [0.2, 0.25) is 0 Å². The largest absolute Gasteiger partial charge is 0.342 e. The van der Waals surface area contributed by atoms with E-state index >= 15 is 0 Å². The summed E-state index contributed by atoms with van der Waals surface area (Å²) < 4.78 is 1.00. The van der Waals surface area contributed by atoms with E-state index in [-0.39, 0.29) is 17.7 Å². The van der Waals surface area contributed by atoms with Crippen LogP contribution >= 0.6 is 15.9 Å². The molecule has 23 heavy (non-hydrogen) atoms. The van der Waals surface area contributed by atoms with E-state index in [4.69, 9.17) is 0 Å². The van der Waals surface area contributed by atoms with Crippen molar-refractivity contribution in [3.05, 3.63) is 28.2 Å². The molecule has 1 aromatic carbocycles. The number of carbonyl (C=O) groups excluding carboxylic acids is 2. The maximum Gasteiger partial charge on any atom is 0.228 e. The minimum atomic E-state index is -0.198. The number of benzene rings is 1. The fourth-order valence-corrected chi connectivity index (χ4v) is 4.15. The topological polar surface area (TPSA) is 40.6 Å². The van der Waals surface area contributed by atoms with Gasteiger partial charge < -0.3 is 9.80 Å². The highest BCUT2D eigenvalue weighted by Gasteiger charge is 2.38. The minimum absolute atomic E-state index is 0.0545. The molecule has 1 aromatic rings. The van der Waals surface area contributed by atoms with Gasteiger partial charge in [-0.3, -0.25) is 9.59 Å². The van der Waals surface area contributed by atoms with Crippen LogP contribution in [-0.4, -0.2) is 36.3 Å². The first-order valence-corrected chi connectivity index (χ1v) is 9.10. The Labute approximate surface area is 146 Å². The highest BCUT2D eigenvalue weighted by molar-refractivity contribution is 9.10. The number of amides is 2. The van der Waals surface area contributed by atoms with E-state index in [0.717, 1.165) is 35.2 Å². The SMILES string of the molecule is Cc1cc(Br)ccc1N1CC(C(=O)N2CCCC(C)C2)CC1=O. The van der Waals surface area contributed by atoms with E-state index in [1.165, 1.54) is 6.42 Å². The summed E-state index contributed by atoms with van der Waals surface area (Å²) >= 11 is 3.45. The van der Waals surface area contributed by atoms with Gasteiger partial charge in [0.25, 0.3) is 0 Å². The van der Waals surface area contributed by atoms with Gasteiger partial charge in [0.2, 0.25) is 11.8 Å². The molecule has 3 rings (SSSR count). The lowest BCUT2D eigenvalue weighted by Crippen LogP contribution is -2.43. The van der Waals surface area contributed by atoms with Crippen molar-refractivity contribution in [1.29, 1.82) is 0 Å². The first kappa shape index (κ1) is 16.5. The number of rotatable bonds is 2. The number of carbonyl (C=O) groups is 2. The molecule has 2 aliphatic rings. The molecule has 2 amide bonds. The van der Waals surface area contributed by atoms with Crippen molar-refractivity contribution in [2.75, 3.05) is 24.5 Å². The number of likely N-dealkylation sites (tertiary alicyclic amines) is 1. The summed E-state index contributed by atoms with van der Waals surface area (Å²) in [6.45, 7) is 6.36. The van der Waals surface area contributed by atoms with Crippen LogP contribution in [0.1, 0.15) is 31.7 Å². The lowest BCUT2D eigenvalue weighted by molar-refractivity contribution is -0.137. The van der Waals surface area contributed by atoms with Crippen LogP contribution in [0.15, 0.2) is 22.7 Å². The fraction of sp³-hybridized carbons (Fsp3) is 0.556. The Bertz CT molecular complexity index is 631. The average Bonchev–Trinajstić information content (AvgIpc) is 2.88. The monoisotopic (exact) mass is 378 g/mol. The lowest BCUT2D eigenvalue weighted by atomic mass is 9.98. The van der Waals surface area contributed by atoms with Crippen LogP contribution < -0.4 is 4.90 Å². The summed E-state index contributed by atoms with van der Waals surface area (Å²) in [5.74, 6) is 0.575. The maximum absolute atomic E-state index is 12.7. The van der Waals surface area contributed by atoms with Crippen LogP contribution in [0.25, 0.3) is 0 Å². The molecule has 5 heteroatoms. The van der Waals surface area contributed by atoms with Crippen molar-refractivity contribution in [3.63, 3.8) is 0 Å². The molecular formula is C18H23BrN2O2. The molecule has 2 fully saturated rings. The van der Waals surface area contributed by atoms with Crippen molar-refractivity contribution in [2.45, 2.75) is 33.1 Å². The third-order valence-electron chi connectivity index (χ3n) is 4.89. The molecule has 0 bridgehead atoms. The molecule has 124 valence electrons. The molecule has 4 nitrogen and oxygen atoms in total. The number of anilines is 1. The molecule has 0 N–H and O–H groups in total. The van der Waals surface area contributed by atoms with Crippen LogP contribution in [0, 0.1) is 18.8 Å². The zero-order valence-electron chi connectivity index (χ0n) is 13.7. The second-order valence-electron chi connectivity index (χ2n) is 6.87. The van der Waals surface area contributed by atoms with Gasteiger partial charge in [0, 0.05) is 36.2 Å². The lowest BCUT2D eigenvalue weighted by Gasteiger charge is -2.32. The smallest absolute Gasteiger partial charge is 0.228 e. The van der Waals surface area contributed by atoms with Crippen molar-refractivity contribution < 1.29 is 9.59 Å². The van der Waals surface area contributed by atoms with Crippen molar-refractivity contribution in [2.24, 2.45) is 11.8 Å². The Morgan fingerprint density at radius 2 is 2.09 bits per heavy atom. The van der Waals surface area contributed by atoms with E-state index < -0.39 is 0 Å². The minimum Gasteiger partial charge on any atom is -0.342 e. The quantitative estimate of drug-likeness (QED) is 0.791. The maximum atomic E-state index is 12.7. The van der Waals surface area contributed by atoms with Gasteiger partial charge in [0.15, 0.2) is 0 Å². The highest BCUT2D eigenvalue weighted by atomic mass is 79.9. The van der Waals surface area contributed by atoms with Crippen LogP contribution in [0.3, 0.4) is 0 Å². The summed E-state index contributed by atoms with van der Waals surface area (Å²) in [6, 6.07) is 5.90. The Balaban J connectivity index is 1.73. The normalized spacial score (nSPS) is 25.1. The highest BCUT2D eigenvalue weighted by Crippen LogP contribution is 2.31. The van der Waals surface area contributed by atoms with Gasteiger partial charge in [0.05, 0.1) is 5.92 Å². The molecule has 0 spiro atoms. The molecular weight excluding hydrogens is 356 g/mol. The fourth-order valence-electron chi connectivity index (χ4n) is 3.68. The van der Waals surface area contributed by atoms with E-state index in [1.54, 1.807) is 4.90 Å². The van der Waals surface area contributed by atoms with Crippen molar-refractivity contribution in [3.8, 4) is 0 Å². The number of nitrogens with zero attached hydrogens (tertiary/aromatic N) is 2. The summed E-state index contributed by atoms with van der Waals surface area (Å²) in [4.78, 5) is 28.9. The molecule has 2 unspecified atom stereocenters. The molecule has 0 radical (unpaired) electrons. The van der Waals surface area contributed by atoms with Crippen molar-refractivity contribution >= 4 is 33.4 Å². The van der Waals surface area contributed by atoms with E-state index in [2.05, 4.69) is 22.9 Å². The first-order chi connectivity index (χ1) is 11.0. The van der Waals surface area contributed by atoms with Gasteiger partial charge in [-0.2, -0.15) is 0 Å². The number of hydrogen-bond acceptors (Lipinski definition) is 2. The van der Waals surface area contributed by atoms with Gasteiger partial charge >= 0.3 is 0 Å². The molecule has 0 aliphatic carbocycles. The van der Waals surface area contributed by atoms with Gasteiger partial charge in [0.1, 0.15) is 0 Å². The number of halogens is 1. The Morgan fingerprint density at radius 3 is 2.78 bits per heavy atom. The Hall–Kier alpha value is -1.36. The number of hydrogen-bond donors (Lipinski definition) is 0. The molecule has 2 heterocycles. The number of piperidine rings is 1. The second kappa shape index (κ2) is 6.63. The zero-order chi connectivity index (χ0) is 16.6. The summed E-state index contributed by atoms with van der Waals surface area (Å²) in [5, 5.41) is 0. The summed E-state index contributed by atoms with van der Waals surface area (Å²) in [5.41, 5.74) is 1.97. The van der Waals surface area contributed by atoms with E-state index in [9.17, 15) is 9.59 Å². The summed E-state index contributed by atoms with van der Waals surface area (Å²) in [7, 11) is 0. The van der Waals surface area contributed by atoms with Crippen LogP contribution in [0.4, 0.5) is 5.69 Å². The molecule has 2 aliphatic heterocycles. The average molecular weight is 379 g/mol. The van der Waals surface area contributed by atoms with Crippen LogP contribution in [0.5, 0.6) is 0 Å². The Kier molecular flexibility index (Phi) is 4.76. The molecule has 2 saturated heterocycles. The predicted octanol–water partition coefficient (Wildman–Crippen LogP) is 3.37. The van der Waals surface area contributed by atoms with Gasteiger partial charge in [-0.1, -0.05) is 22.9 Å². The predicted molar refractivity (Wildman–Crippen MR) is 94.3 cm³/mol. The zero-order valence-corrected chi connectivity index (χ0v) is 15.3. The van der Waals surface area contributed by atoms with E-state index in [1.807, 2.05) is 30.0 Å². The van der Waals surface area contributed by atoms with Crippen LogP contribution in [-0.2, 0) is 9.59 Å². The van der Waals surface area contributed by atoms with Crippen molar-refractivity contribution in [1.82, 2.24) is 4.90 Å². The molecule has 0 aromatic heterocycles. The first-order valence-electron chi connectivity index (χ1n) is 8.31. The van der Waals surface area contributed by atoms with Gasteiger partial charge in [-0.25, -0.2) is 0 Å². The Morgan fingerprint density at radius 1 is 1.30 bits per heavy atom. The van der Waals surface area contributed by atoms with Gasteiger partial charge in [-0.15, -0.1) is 0 Å². The summed E-state index contributed by atoms with van der Waals surface area (Å²) in [6.07, 6.45) is 2.60. The van der Waals surface area contributed by atoms with Gasteiger partial charge in [-0.05, 0) is 49.4 Å². The standard InChI is InChI=1S/C18H23BrN2O2/c1-12-4-3-7-20(10-12)18(23)14-9-17(22)21(11-14)16-6-5-15(19)8-13(16)2/h5-6,8,12,14H,3-4,7,9-11H2,1-2H3. The molecule has 2 atom stereocenters. The third-order valence-corrected chi connectivity index (χ3v) is 5.39. The second-order valence-corrected chi connectivity index (χ2v) is 7.78.